The van der Waals surface area contributed by atoms with Crippen molar-refractivity contribution in [3.63, 3.8) is 0 Å². The van der Waals surface area contributed by atoms with Crippen molar-refractivity contribution in [2.24, 2.45) is 17.8 Å². The molecule has 120 valence electrons. The molecule has 2 fully saturated rings. The third-order valence-electron chi connectivity index (χ3n) is 5.59. The minimum absolute atomic E-state index is 0.0947. The first-order chi connectivity index (χ1) is 11.1. The van der Waals surface area contributed by atoms with Gasteiger partial charge in [-0.05, 0) is 61.6 Å². The van der Waals surface area contributed by atoms with E-state index >= 15 is 0 Å². The molecule has 3 unspecified atom stereocenters. The van der Waals surface area contributed by atoms with Gasteiger partial charge in [0.2, 0.25) is 0 Å². The van der Waals surface area contributed by atoms with E-state index < -0.39 is 5.82 Å². The highest BCUT2D eigenvalue weighted by molar-refractivity contribution is 5.94. The number of Topliss-reactive ketones (excluding diaryl/α,β-unsaturated/α-hetero) is 1. The quantitative estimate of drug-likeness (QED) is 0.789. The molecule has 2 aliphatic rings. The van der Waals surface area contributed by atoms with Crippen LogP contribution in [0.25, 0.3) is 11.0 Å². The Morgan fingerprint density at radius 3 is 2.83 bits per heavy atom. The molecule has 0 N–H and O–H groups in total. The maximum atomic E-state index is 13.2. The van der Waals surface area contributed by atoms with Crippen LogP contribution in [0.5, 0.6) is 0 Å². The van der Waals surface area contributed by atoms with E-state index in [1.165, 1.54) is 43.9 Å². The van der Waals surface area contributed by atoms with Crippen LogP contribution in [0.3, 0.4) is 0 Å². The summed E-state index contributed by atoms with van der Waals surface area (Å²) in [5.41, 5.74) is -0.101. The molecular weight excluding hydrogens is 295 g/mol. The van der Waals surface area contributed by atoms with E-state index in [2.05, 4.69) is 0 Å². The van der Waals surface area contributed by atoms with Gasteiger partial charge in [0.15, 0.2) is 17.0 Å². The molecule has 0 radical (unpaired) electrons. The number of fused-ring (bicyclic) bond motifs is 3. The van der Waals surface area contributed by atoms with Gasteiger partial charge in [-0.25, -0.2) is 4.39 Å². The highest BCUT2D eigenvalue weighted by Crippen LogP contribution is 2.49. The van der Waals surface area contributed by atoms with E-state index in [1.54, 1.807) is 0 Å². The molecule has 0 spiro atoms. The zero-order chi connectivity index (χ0) is 16.0. The lowest BCUT2D eigenvalue weighted by Crippen LogP contribution is -2.13. The van der Waals surface area contributed by atoms with Crippen LogP contribution in [-0.2, 0) is 0 Å². The summed E-state index contributed by atoms with van der Waals surface area (Å²) in [4.78, 5) is 24.4. The van der Waals surface area contributed by atoms with E-state index in [-0.39, 0.29) is 27.9 Å². The molecule has 2 aromatic rings. The van der Waals surface area contributed by atoms with Gasteiger partial charge in [-0.1, -0.05) is 6.42 Å². The normalized spacial score (nSPS) is 26.0. The number of benzene rings is 1. The lowest BCUT2D eigenvalue weighted by atomic mass is 9.85. The van der Waals surface area contributed by atoms with E-state index in [4.69, 9.17) is 4.42 Å². The average Bonchev–Trinajstić information content (AvgIpc) is 3.16. The van der Waals surface area contributed by atoms with Crippen LogP contribution in [0.15, 0.2) is 33.5 Å². The van der Waals surface area contributed by atoms with Crippen LogP contribution in [0, 0.1) is 23.6 Å². The molecule has 1 heterocycles. The Hall–Kier alpha value is -1.97. The molecule has 4 heteroatoms. The van der Waals surface area contributed by atoms with Crippen LogP contribution < -0.4 is 5.43 Å². The van der Waals surface area contributed by atoms with Gasteiger partial charge < -0.3 is 4.42 Å². The number of hydrogen-bond donors (Lipinski definition) is 0. The molecule has 0 saturated heterocycles. The van der Waals surface area contributed by atoms with Gasteiger partial charge in [-0.15, -0.1) is 0 Å². The number of carbonyl (C=O) groups excluding carboxylic acids is 1. The van der Waals surface area contributed by atoms with E-state index in [0.29, 0.717) is 12.3 Å². The molecule has 23 heavy (non-hydrogen) atoms. The van der Waals surface area contributed by atoms with Crippen molar-refractivity contribution < 1.29 is 13.6 Å². The summed E-state index contributed by atoms with van der Waals surface area (Å²) in [7, 11) is 0. The van der Waals surface area contributed by atoms with Crippen molar-refractivity contribution in [1.82, 2.24) is 0 Å². The van der Waals surface area contributed by atoms with Gasteiger partial charge in [0, 0.05) is 12.5 Å². The van der Waals surface area contributed by atoms with Crippen molar-refractivity contribution in [2.75, 3.05) is 0 Å². The summed E-state index contributed by atoms with van der Waals surface area (Å²) in [6, 6.07) is 4.98. The highest BCUT2D eigenvalue weighted by atomic mass is 19.1. The van der Waals surface area contributed by atoms with Gasteiger partial charge in [-0.3, -0.25) is 9.59 Å². The van der Waals surface area contributed by atoms with E-state index in [9.17, 15) is 14.0 Å². The van der Waals surface area contributed by atoms with Crippen molar-refractivity contribution in [3.05, 3.63) is 46.1 Å². The van der Waals surface area contributed by atoms with Crippen molar-refractivity contribution in [3.8, 4) is 0 Å². The third-order valence-corrected chi connectivity index (χ3v) is 5.59. The molecule has 4 rings (SSSR count). The Kier molecular flexibility index (Phi) is 3.55. The first-order valence-electron chi connectivity index (χ1n) is 8.37. The Bertz CT molecular complexity index is 823. The Balaban J connectivity index is 1.51. The van der Waals surface area contributed by atoms with E-state index in [1.807, 2.05) is 0 Å². The van der Waals surface area contributed by atoms with E-state index in [0.717, 1.165) is 24.3 Å². The summed E-state index contributed by atoms with van der Waals surface area (Å²) < 4.78 is 18.7. The minimum atomic E-state index is -0.486. The second-order valence-electron chi connectivity index (χ2n) is 7.01. The monoisotopic (exact) mass is 314 g/mol. The van der Waals surface area contributed by atoms with Gasteiger partial charge in [-0.2, -0.15) is 0 Å². The Morgan fingerprint density at radius 2 is 2.09 bits per heavy atom. The summed E-state index contributed by atoms with van der Waals surface area (Å²) in [6.07, 6.45) is 6.54. The minimum Gasteiger partial charge on any atom is -0.453 e. The second-order valence-corrected chi connectivity index (χ2v) is 7.01. The Morgan fingerprint density at radius 1 is 1.22 bits per heavy atom. The fourth-order valence-electron chi connectivity index (χ4n) is 4.44. The molecule has 2 aliphatic carbocycles. The smallest absolute Gasteiger partial charge is 0.198 e. The molecule has 3 atom stereocenters. The summed E-state index contributed by atoms with van der Waals surface area (Å²) in [5, 5.41) is 0.176. The molecule has 1 aromatic carbocycles. The average molecular weight is 314 g/mol. The zero-order valence-corrected chi connectivity index (χ0v) is 12.9. The van der Waals surface area contributed by atoms with Crippen LogP contribution in [0.1, 0.15) is 49.1 Å². The SMILES string of the molecule is O=C(CCC1CC2CCC1C2)c1cc(=O)c2cc(F)ccc2o1. The fourth-order valence-corrected chi connectivity index (χ4v) is 4.44. The molecule has 1 aromatic heterocycles. The lowest BCUT2D eigenvalue weighted by Gasteiger charge is -2.20. The second kappa shape index (κ2) is 5.59. The molecule has 2 saturated carbocycles. The molecule has 2 bridgehead atoms. The standard InChI is InChI=1S/C19H19FO3/c20-14-4-6-18-15(9-14)17(22)10-19(23-18)16(21)5-3-13-8-11-1-2-12(13)7-11/h4,6,9-13H,1-3,5,7-8H2. The van der Waals surface area contributed by atoms with Crippen LogP contribution >= 0.6 is 0 Å². The Labute approximate surface area is 133 Å². The highest BCUT2D eigenvalue weighted by Gasteiger charge is 2.39. The van der Waals surface area contributed by atoms with Crippen LogP contribution in [0.2, 0.25) is 0 Å². The molecule has 3 nitrogen and oxygen atoms in total. The molecule has 0 aliphatic heterocycles. The zero-order valence-electron chi connectivity index (χ0n) is 12.9. The summed E-state index contributed by atoms with van der Waals surface area (Å²) in [5.74, 6) is 1.79. The van der Waals surface area contributed by atoms with Gasteiger partial charge in [0.1, 0.15) is 11.4 Å². The fraction of sp³-hybridized carbons (Fsp3) is 0.474. The van der Waals surface area contributed by atoms with Crippen molar-refractivity contribution >= 4 is 16.8 Å². The number of rotatable bonds is 4. The first kappa shape index (κ1) is 14.6. The van der Waals surface area contributed by atoms with Gasteiger partial charge in [0.25, 0.3) is 0 Å². The maximum Gasteiger partial charge on any atom is 0.198 e. The topological polar surface area (TPSA) is 47.3 Å². The number of hydrogen-bond acceptors (Lipinski definition) is 3. The van der Waals surface area contributed by atoms with Gasteiger partial charge in [0.05, 0.1) is 5.39 Å². The number of halogens is 1. The lowest BCUT2D eigenvalue weighted by molar-refractivity contribution is 0.0942. The van der Waals surface area contributed by atoms with Crippen LogP contribution in [0.4, 0.5) is 4.39 Å². The predicted molar refractivity (Wildman–Crippen MR) is 84.9 cm³/mol. The molecule has 0 amide bonds. The van der Waals surface area contributed by atoms with Crippen LogP contribution in [-0.4, -0.2) is 5.78 Å². The summed E-state index contributed by atoms with van der Waals surface area (Å²) >= 11 is 0. The number of carbonyl (C=O) groups is 1. The predicted octanol–water partition coefficient (Wildman–Crippen LogP) is 4.33. The van der Waals surface area contributed by atoms with Gasteiger partial charge >= 0.3 is 0 Å². The van der Waals surface area contributed by atoms with Crippen molar-refractivity contribution in [2.45, 2.75) is 38.5 Å². The number of ketones is 1. The largest absolute Gasteiger partial charge is 0.453 e. The molecular formula is C19H19FO3. The maximum absolute atomic E-state index is 13.2. The van der Waals surface area contributed by atoms with Crippen molar-refractivity contribution in [1.29, 1.82) is 0 Å². The third kappa shape index (κ3) is 2.71. The first-order valence-corrected chi connectivity index (χ1v) is 8.37. The summed E-state index contributed by atoms with van der Waals surface area (Å²) in [6.45, 7) is 0.